The molecule has 8 heteroatoms. The van der Waals surface area contributed by atoms with Crippen molar-refractivity contribution in [3.8, 4) is 0 Å². The molecule has 2 atom stereocenters. The number of benzene rings is 1. The van der Waals surface area contributed by atoms with Crippen molar-refractivity contribution in [1.29, 1.82) is 0 Å². The van der Waals surface area contributed by atoms with Crippen molar-refractivity contribution in [3.05, 3.63) is 48.0 Å². The summed E-state index contributed by atoms with van der Waals surface area (Å²) in [7, 11) is 0. The van der Waals surface area contributed by atoms with Crippen LogP contribution in [0.5, 0.6) is 0 Å². The zero-order chi connectivity index (χ0) is 18.5. The molecule has 0 saturated carbocycles. The first-order valence-electron chi connectivity index (χ1n) is 7.76. The Morgan fingerprint density at radius 3 is 2.40 bits per heavy atom. The van der Waals surface area contributed by atoms with Crippen molar-refractivity contribution in [2.45, 2.75) is 12.2 Å². The topological polar surface area (TPSA) is 125 Å². The predicted molar refractivity (Wildman–Crippen MR) is 89.2 cm³/mol. The molecule has 1 unspecified atom stereocenters. The monoisotopic (exact) mass is 353 g/mol. The normalized spacial score (nSPS) is 18.2. The number of nitrogens with one attached hydrogen (secondary N) is 1. The minimum absolute atomic E-state index is 0.103. The van der Waals surface area contributed by atoms with Gasteiger partial charge in [0, 0.05) is 25.2 Å². The number of hydrogen-bond donors (Lipinski definition) is 4. The number of carboxylic acid groups (broad SMARTS) is 2. The Kier molecular flexibility index (Phi) is 10.1. The molecule has 1 aromatic rings. The van der Waals surface area contributed by atoms with E-state index in [1.807, 2.05) is 30.3 Å². The molecule has 138 valence electrons. The van der Waals surface area contributed by atoms with Gasteiger partial charge in [-0.2, -0.15) is 0 Å². The Morgan fingerprint density at radius 2 is 1.88 bits per heavy atom. The van der Waals surface area contributed by atoms with Gasteiger partial charge >= 0.3 is 11.9 Å². The zero-order valence-electron chi connectivity index (χ0n) is 13.7. The lowest BCUT2D eigenvalue weighted by Crippen LogP contribution is -2.41. The van der Waals surface area contributed by atoms with Crippen LogP contribution in [-0.2, 0) is 19.1 Å². The van der Waals surface area contributed by atoms with Gasteiger partial charge in [0.2, 0.25) is 0 Å². The van der Waals surface area contributed by atoms with Crippen LogP contribution in [0.3, 0.4) is 0 Å². The van der Waals surface area contributed by atoms with Crippen LogP contribution in [-0.4, -0.2) is 66.3 Å². The SMILES string of the molecule is O=C(O)/C=C\C(=O)O.O[C@@H](COCC1CNCCO1)c1ccccc1. The van der Waals surface area contributed by atoms with Gasteiger partial charge in [-0.25, -0.2) is 9.59 Å². The minimum atomic E-state index is -1.26. The Labute approximate surface area is 145 Å². The van der Waals surface area contributed by atoms with Crippen LogP contribution in [0.25, 0.3) is 0 Å². The third-order valence-corrected chi connectivity index (χ3v) is 3.14. The van der Waals surface area contributed by atoms with Crippen molar-refractivity contribution in [3.63, 3.8) is 0 Å². The van der Waals surface area contributed by atoms with Crippen LogP contribution in [0, 0.1) is 0 Å². The highest BCUT2D eigenvalue weighted by Gasteiger charge is 2.14. The van der Waals surface area contributed by atoms with Gasteiger partial charge in [0.15, 0.2) is 0 Å². The lowest BCUT2D eigenvalue weighted by Gasteiger charge is -2.23. The second kappa shape index (κ2) is 12.2. The molecule has 0 aromatic heterocycles. The number of morpholine rings is 1. The van der Waals surface area contributed by atoms with Crippen LogP contribution < -0.4 is 5.32 Å². The third-order valence-electron chi connectivity index (χ3n) is 3.14. The number of ether oxygens (including phenoxy) is 2. The largest absolute Gasteiger partial charge is 0.478 e. The summed E-state index contributed by atoms with van der Waals surface area (Å²) in [6.07, 6.45) is 0.657. The molecule has 0 radical (unpaired) electrons. The van der Waals surface area contributed by atoms with Crippen molar-refractivity contribution >= 4 is 11.9 Å². The summed E-state index contributed by atoms with van der Waals surface area (Å²) in [6, 6.07) is 9.54. The van der Waals surface area contributed by atoms with Crippen molar-refractivity contribution in [2.75, 3.05) is 32.9 Å². The average Bonchev–Trinajstić information content (AvgIpc) is 2.62. The molecule has 2 rings (SSSR count). The lowest BCUT2D eigenvalue weighted by atomic mass is 10.1. The highest BCUT2D eigenvalue weighted by Crippen LogP contribution is 2.12. The van der Waals surface area contributed by atoms with E-state index >= 15 is 0 Å². The molecule has 1 heterocycles. The fraction of sp³-hybridized carbons (Fsp3) is 0.412. The fourth-order valence-electron chi connectivity index (χ4n) is 1.95. The number of aliphatic hydroxyl groups excluding tert-OH is 1. The van der Waals surface area contributed by atoms with E-state index in [1.165, 1.54) is 0 Å². The van der Waals surface area contributed by atoms with Crippen molar-refractivity contribution in [1.82, 2.24) is 5.32 Å². The van der Waals surface area contributed by atoms with Gasteiger partial charge in [0.25, 0.3) is 0 Å². The Morgan fingerprint density at radius 1 is 1.24 bits per heavy atom. The Hall–Kier alpha value is -2.26. The van der Waals surface area contributed by atoms with Crippen molar-refractivity contribution in [2.24, 2.45) is 0 Å². The molecule has 0 amide bonds. The number of carbonyl (C=O) groups is 2. The van der Waals surface area contributed by atoms with Gasteiger partial charge in [-0.15, -0.1) is 0 Å². The molecule has 1 fully saturated rings. The summed E-state index contributed by atoms with van der Waals surface area (Å²) in [5.74, 6) is -2.51. The fourth-order valence-corrected chi connectivity index (χ4v) is 1.95. The van der Waals surface area contributed by atoms with Gasteiger partial charge in [0.1, 0.15) is 6.10 Å². The van der Waals surface area contributed by atoms with Crippen LogP contribution in [0.15, 0.2) is 42.5 Å². The summed E-state index contributed by atoms with van der Waals surface area (Å²) in [4.78, 5) is 19.1. The highest BCUT2D eigenvalue weighted by atomic mass is 16.5. The number of rotatable bonds is 7. The quantitative estimate of drug-likeness (QED) is 0.520. The van der Waals surface area contributed by atoms with E-state index in [0.717, 1.165) is 25.3 Å². The standard InChI is InChI=1S/C13H19NO3.C4H4O4/c15-13(11-4-2-1-3-5-11)10-16-9-12-8-14-6-7-17-12;5-3(6)1-2-4(7)8/h1-5,12-15H,6-10H2;1-2H,(H,5,6)(H,7,8)/b;2-1-/t12?,13-;/m0./s1. The molecule has 1 aromatic carbocycles. The second-order valence-electron chi connectivity index (χ2n) is 5.17. The first kappa shape index (κ1) is 20.8. The summed E-state index contributed by atoms with van der Waals surface area (Å²) in [5.41, 5.74) is 0.884. The van der Waals surface area contributed by atoms with Gasteiger partial charge in [0.05, 0.1) is 25.9 Å². The van der Waals surface area contributed by atoms with E-state index in [9.17, 15) is 14.7 Å². The molecular weight excluding hydrogens is 330 g/mol. The molecular formula is C17H23NO7. The summed E-state index contributed by atoms with van der Waals surface area (Å²) in [5, 5.41) is 28.7. The first-order valence-corrected chi connectivity index (χ1v) is 7.76. The van der Waals surface area contributed by atoms with E-state index in [-0.39, 0.29) is 6.10 Å². The summed E-state index contributed by atoms with van der Waals surface area (Å²) in [6.45, 7) is 3.29. The maximum absolute atomic E-state index is 9.87. The van der Waals surface area contributed by atoms with E-state index in [4.69, 9.17) is 19.7 Å². The van der Waals surface area contributed by atoms with Crippen LogP contribution in [0.2, 0.25) is 0 Å². The molecule has 0 aliphatic carbocycles. The Balaban J connectivity index is 0.000000333. The van der Waals surface area contributed by atoms with E-state index in [0.29, 0.717) is 25.4 Å². The van der Waals surface area contributed by atoms with Gasteiger partial charge in [-0.05, 0) is 5.56 Å². The molecule has 0 spiro atoms. The van der Waals surface area contributed by atoms with Gasteiger partial charge < -0.3 is 30.1 Å². The maximum atomic E-state index is 9.87. The highest BCUT2D eigenvalue weighted by molar-refractivity contribution is 5.89. The van der Waals surface area contributed by atoms with E-state index in [1.54, 1.807) is 0 Å². The molecule has 0 bridgehead atoms. The van der Waals surface area contributed by atoms with Crippen molar-refractivity contribution < 1.29 is 34.4 Å². The number of aliphatic carboxylic acids is 2. The van der Waals surface area contributed by atoms with Gasteiger partial charge in [-0.1, -0.05) is 30.3 Å². The molecule has 8 nitrogen and oxygen atoms in total. The average molecular weight is 353 g/mol. The number of aliphatic hydroxyl groups is 1. The van der Waals surface area contributed by atoms with Crippen LogP contribution in [0.1, 0.15) is 11.7 Å². The predicted octanol–water partition coefficient (Wildman–Crippen LogP) is 0.437. The third kappa shape index (κ3) is 10.3. The second-order valence-corrected chi connectivity index (χ2v) is 5.17. The lowest BCUT2D eigenvalue weighted by molar-refractivity contribution is -0.134. The number of hydrogen-bond acceptors (Lipinski definition) is 6. The van der Waals surface area contributed by atoms with Crippen LogP contribution in [0.4, 0.5) is 0 Å². The molecule has 1 aliphatic rings. The summed E-state index contributed by atoms with van der Waals surface area (Å²) >= 11 is 0. The molecule has 25 heavy (non-hydrogen) atoms. The van der Waals surface area contributed by atoms with E-state index in [2.05, 4.69) is 5.32 Å². The molecule has 1 aliphatic heterocycles. The first-order chi connectivity index (χ1) is 12.0. The zero-order valence-corrected chi connectivity index (χ0v) is 13.7. The Bertz CT molecular complexity index is 525. The number of carboxylic acids is 2. The maximum Gasteiger partial charge on any atom is 0.328 e. The van der Waals surface area contributed by atoms with Gasteiger partial charge in [-0.3, -0.25) is 0 Å². The molecule has 1 saturated heterocycles. The smallest absolute Gasteiger partial charge is 0.328 e. The summed E-state index contributed by atoms with van der Waals surface area (Å²) < 4.78 is 11.0. The van der Waals surface area contributed by atoms with E-state index < -0.39 is 18.0 Å². The minimum Gasteiger partial charge on any atom is -0.478 e. The molecule has 4 N–H and O–H groups in total. The van der Waals surface area contributed by atoms with Crippen LogP contribution >= 0.6 is 0 Å².